The first-order chi connectivity index (χ1) is 9.14. The molecule has 100 valence electrons. The van der Waals surface area contributed by atoms with Crippen molar-refractivity contribution in [1.82, 2.24) is 4.98 Å². The average molecular weight is 278 g/mol. The van der Waals surface area contributed by atoms with E-state index in [1.54, 1.807) is 0 Å². The minimum absolute atomic E-state index is 0.282. The van der Waals surface area contributed by atoms with Crippen LogP contribution in [0.15, 0.2) is 12.1 Å². The third-order valence-electron chi connectivity index (χ3n) is 3.96. The van der Waals surface area contributed by atoms with E-state index in [9.17, 15) is 5.26 Å². The lowest BCUT2D eigenvalue weighted by atomic mass is 9.98. The molecule has 1 saturated carbocycles. The summed E-state index contributed by atoms with van der Waals surface area (Å²) in [4.78, 5) is 6.61. The number of nitrogens with zero attached hydrogens (tertiary/aromatic N) is 3. The molecule has 0 aromatic carbocycles. The molecule has 2 fully saturated rings. The zero-order chi connectivity index (χ0) is 13.5. The first kappa shape index (κ1) is 12.7. The van der Waals surface area contributed by atoms with E-state index in [1.165, 1.54) is 0 Å². The molecule has 2 aliphatic rings. The van der Waals surface area contributed by atoms with Gasteiger partial charge in [0.25, 0.3) is 0 Å². The molecule has 5 heteroatoms. The summed E-state index contributed by atoms with van der Waals surface area (Å²) in [5.41, 5.74) is 0.681. The molecule has 0 amide bonds. The van der Waals surface area contributed by atoms with Gasteiger partial charge >= 0.3 is 0 Å². The molecule has 1 aromatic rings. The lowest BCUT2D eigenvalue weighted by Crippen LogP contribution is -2.44. The topological polar surface area (TPSA) is 49.1 Å². The second-order valence-electron chi connectivity index (χ2n) is 5.35. The molecular formula is C14H16ClN3O. The van der Waals surface area contributed by atoms with Crippen molar-refractivity contribution in [1.29, 1.82) is 5.26 Å². The van der Waals surface area contributed by atoms with Crippen LogP contribution >= 0.6 is 11.6 Å². The maximum Gasteiger partial charge on any atom is 0.131 e. The highest BCUT2D eigenvalue weighted by atomic mass is 35.5. The summed E-state index contributed by atoms with van der Waals surface area (Å²) >= 11 is 6.13. The molecule has 1 atom stereocenters. The van der Waals surface area contributed by atoms with E-state index in [-0.39, 0.29) is 11.5 Å². The highest BCUT2D eigenvalue weighted by Gasteiger charge is 2.45. The van der Waals surface area contributed by atoms with Gasteiger partial charge in [0, 0.05) is 6.54 Å². The van der Waals surface area contributed by atoms with Gasteiger partial charge in [-0.3, -0.25) is 0 Å². The average Bonchev–Trinajstić information content (AvgIpc) is 3.19. The van der Waals surface area contributed by atoms with E-state index >= 15 is 0 Å². The second kappa shape index (κ2) is 4.66. The van der Waals surface area contributed by atoms with E-state index in [1.807, 2.05) is 12.1 Å². The van der Waals surface area contributed by atoms with Crippen LogP contribution in [-0.4, -0.2) is 30.8 Å². The first-order valence-electron chi connectivity index (χ1n) is 6.58. The standard InChI is InChI=1S/C14H16ClN3O/c1-10-8-19-5-4-18(10)13-7-11(6-12(15)17-13)14(9-16)2-3-14/h6-7,10H,2-5,8H2,1H3/t10-/m1/s1. The fourth-order valence-corrected chi connectivity index (χ4v) is 2.77. The van der Waals surface area contributed by atoms with Gasteiger partial charge in [-0.25, -0.2) is 4.98 Å². The van der Waals surface area contributed by atoms with Crippen LogP contribution in [0.25, 0.3) is 0 Å². The van der Waals surface area contributed by atoms with Crippen molar-refractivity contribution in [2.24, 2.45) is 0 Å². The van der Waals surface area contributed by atoms with Gasteiger partial charge in [0.05, 0.1) is 30.7 Å². The number of ether oxygens (including phenoxy) is 1. The fourth-order valence-electron chi connectivity index (χ4n) is 2.56. The number of aromatic nitrogens is 1. The predicted molar refractivity (Wildman–Crippen MR) is 73.4 cm³/mol. The number of hydrogen-bond donors (Lipinski definition) is 0. The van der Waals surface area contributed by atoms with E-state index in [0.29, 0.717) is 18.4 Å². The molecule has 0 bridgehead atoms. The maximum absolute atomic E-state index is 9.31. The number of halogens is 1. The van der Waals surface area contributed by atoms with Gasteiger partial charge in [0.15, 0.2) is 0 Å². The molecule has 1 aliphatic carbocycles. The highest BCUT2D eigenvalue weighted by molar-refractivity contribution is 6.29. The third-order valence-corrected chi connectivity index (χ3v) is 4.15. The van der Waals surface area contributed by atoms with Gasteiger partial charge in [-0.1, -0.05) is 11.6 Å². The number of nitriles is 1. The number of pyridine rings is 1. The molecule has 1 aromatic heterocycles. The Morgan fingerprint density at radius 2 is 2.32 bits per heavy atom. The Balaban J connectivity index is 1.96. The van der Waals surface area contributed by atoms with Gasteiger partial charge in [-0.15, -0.1) is 0 Å². The largest absolute Gasteiger partial charge is 0.377 e. The molecule has 2 heterocycles. The van der Waals surface area contributed by atoms with Gasteiger partial charge in [-0.05, 0) is 37.5 Å². The Hall–Kier alpha value is -1.31. The minimum atomic E-state index is -0.323. The SMILES string of the molecule is C[C@@H]1COCCN1c1cc(C2(C#N)CC2)cc(Cl)n1. The Labute approximate surface area is 117 Å². The summed E-state index contributed by atoms with van der Waals surface area (Å²) in [7, 11) is 0. The monoisotopic (exact) mass is 277 g/mol. The summed E-state index contributed by atoms with van der Waals surface area (Å²) in [5.74, 6) is 0.861. The number of rotatable bonds is 2. The number of hydrogen-bond acceptors (Lipinski definition) is 4. The van der Waals surface area contributed by atoms with E-state index in [4.69, 9.17) is 16.3 Å². The first-order valence-corrected chi connectivity index (χ1v) is 6.96. The molecule has 19 heavy (non-hydrogen) atoms. The van der Waals surface area contributed by atoms with Crippen LogP contribution in [0.1, 0.15) is 25.3 Å². The van der Waals surface area contributed by atoms with Crippen LogP contribution in [-0.2, 0) is 10.2 Å². The van der Waals surface area contributed by atoms with E-state index in [0.717, 1.165) is 30.8 Å². The predicted octanol–water partition coefficient (Wildman–Crippen LogP) is 2.52. The highest BCUT2D eigenvalue weighted by Crippen LogP contribution is 2.48. The van der Waals surface area contributed by atoms with Crippen molar-refractivity contribution in [3.05, 3.63) is 22.8 Å². The molecule has 3 rings (SSSR count). The summed E-state index contributed by atoms with van der Waals surface area (Å²) < 4.78 is 5.44. The Bertz CT molecular complexity index is 536. The van der Waals surface area contributed by atoms with Crippen molar-refractivity contribution in [3.8, 4) is 6.07 Å². The molecule has 0 unspecified atom stereocenters. The van der Waals surface area contributed by atoms with Crippen molar-refractivity contribution in [2.45, 2.75) is 31.2 Å². The second-order valence-corrected chi connectivity index (χ2v) is 5.74. The summed E-state index contributed by atoms with van der Waals surface area (Å²) in [6.07, 6.45) is 1.84. The third kappa shape index (κ3) is 2.29. The molecule has 1 saturated heterocycles. The van der Waals surface area contributed by atoms with Crippen LogP contribution < -0.4 is 4.90 Å². The number of morpholine rings is 1. The zero-order valence-electron chi connectivity index (χ0n) is 10.9. The van der Waals surface area contributed by atoms with Gasteiger partial charge in [-0.2, -0.15) is 5.26 Å². The smallest absolute Gasteiger partial charge is 0.131 e. The molecule has 0 spiro atoms. The Morgan fingerprint density at radius 1 is 1.53 bits per heavy atom. The summed E-state index contributed by atoms with van der Waals surface area (Å²) in [6, 6.07) is 6.53. The van der Waals surface area contributed by atoms with Gasteiger partial charge in [0.2, 0.25) is 0 Å². The van der Waals surface area contributed by atoms with Crippen molar-refractivity contribution < 1.29 is 4.74 Å². The van der Waals surface area contributed by atoms with E-state index in [2.05, 4.69) is 22.9 Å². The molecule has 0 radical (unpaired) electrons. The molecular weight excluding hydrogens is 262 g/mol. The lowest BCUT2D eigenvalue weighted by molar-refractivity contribution is 0.0985. The van der Waals surface area contributed by atoms with Crippen LogP contribution in [0.5, 0.6) is 0 Å². The summed E-state index contributed by atoms with van der Waals surface area (Å²) in [6.45, 7) is 4.33. The van der Waals surface area contributed by atoms with Gasteiger partial charge in [0.1, 0.15) is 11.0 Å². The summed E-state index contributed by atoms with van der Waals surface area (Å²) in [5, 5.41) is 9.77. The lowest BCUT2D eigenvalue weighted by Gasteiger charge is -2.34. The zero-order valence-corrected chi connectivity index (χ0v) is 11.7. The Kier molecular flexibility index (Phi) is 3.12. The van der Waals surface area contributed by atoms with Crippen molar-refractivity contribution >= 4 is 17.4 Å². The quantitative estimate of drug-likeness (QED) is 0.780. The normalized spacial score (nSPS) is 24.9. The van der Waals surface area contributed by atoms with Crippen LogP contribution in [0, 0.1) is 11.3 Å². The van der Waals surface area contributed by atoms with Crippen LogP contribution in [0.3, 0.4) is 0 Å². The minimum Gasteiger partial charge on any atom is -0.377 e. The molecule has 4 nitrogen and oxygen atoms in total. The maximum atomic E-state index is 9.31. The molecule has 0 N–H and O–H groups in total. The van der Waals surface area contributed by atoms with Crippen molar-refractivity contribution in [2.75, 3.05) is 24.7 Å². The Morgan fingerprint density at radius 3 is 2.95 bits per heavy atom. The van der Waals surface area contributed by atoms with Crippen LogP contribution in [0.2, 0.25) is 5.15 Å². The van der Waals surface area contributed by atoms with Crippen LogP contribution in [0.4, 0.5) is 5.82 Å². The van der Waals surface area contributed by atoms with E-state index < -0.39 is 0 Å². The van der Waals surface area contributed by atoms with Gasteiger partial charge < -0.3 is 9.64 Å². The fraction of sp³-hybridized carbons (Fsp3) is 0.571. The number of anilines is 1. The molecule has 1 aliphatic heterocycles. The van der Waals surface area contributed by atoms with Crippen molar-refractivity contribution in [3.63, 3.8) is 0 Å².